The lowest BCUT2D eigenvalue weighted by Gasteiger charge is -1.98. The molecule has 0 aliphatic carbocycles. The maximum atomic E-state index is 8.68. The molecule has 4 heteroatoms. The van der Waals surface area contributed by atoms with Gasteiger partial charge in [0.25, 0.3) is 0 Å². The first-order chi connectivity index (χ1) is 4.74. The summed E-state index contributed by atoms with van der Waals surface area (Å²) in [7, 11) is 0. The molecule has 3 nitrogen and oxygen atoms in total. The van der Waals surface area contributed by atoms with E-state index >= 15 is 0 Å². The maximum absolute atomic E-state index is 8.68. The number of nitrogens with zero attached hydrogens (tertiary/aromatic N) is 1. The van der Waals surface area contributed by atoms with E-state index in [2.05, 4.69) is 4.98 Å². The number of pyridine rings is 1. The first-order valence-corrected chi connectivity index (χ1v) is 3.12. The quantitative estimate of drug-likeness (QED) is 0.636. The Hall–Kier alpha value is -0.800. The summed E-state index contributed by atoms with van der Waals surface area (Å²) in [5.41, 5.74) is 5.93. The zero-order valence-corrected chi connectivity index (χ0v) is 5.97. The van der Waals surface area contributed by atoms with Gasteiger partial charge in [-0.05, 0) is 6.07 Å². The van der Waals surface area contributed by atoms with Gasteiger partial charge in [-0.1, -0.05) is 11.6 Å². The van der Waals surface area contributed by atoms with Gasteiger partial charge in [0, 0.05) is 11.8 Å². The minimum atomic E-state index is -0.106. The fraction of sp³-hybridized carbons (Fsp3) is 0.167. The van der Waals surface area contributed by atoms with Crippen LogP contribution in [0, 0.1) is 0 Å². The Morgan fingerprint density at radius 1 is 1.70 bits per heavy atom. The van der Waals surface area contributed by atoms with Crippen molar-refractivity contribution in [1.29, 1.82) is 0 Å². The number of nitrogen functional groups attached to an aromatic ring is 1. The Kier molecular flexibility index (Phi) is 2.09. The summed E-state index contributed by atoms with van der Waals surface area (Å²) >= 11 is 5.62. The van der Waals surface area contributed by atoms with Crippen LogP contribution in [0.15, 0.2) is 12.3 Å². The minimum Gasteiger partial charge on any atom is -0.392 e. The minimum absolute atomic E-state index is 0.106. The number of aromatic nitrogens is 1. The molecule has 0 bridgehead atoms. The van der Waals surface area contributed by atoms with E-state index in [0.29, 0.717) is 16.4 Å². The highest BCUT2D eigenvalue weighted by molar-refractivity contribution is 6.31. The van der Waals surface area contributed by atoms with Gasteiger partial charge < -0.3 is 10.8 Å². The third-order valence-corrected chi connectivity index (χ3v) is 1.47. The summed E-state index contributed by atoms with van der Waals surface area (Å²) in [5.74, 6) is 0.369. The van der Waals surface area contributed by atoms with Crippen LogP contribution >= 0.6 is 11.6 Å². The van der Waals surface area contributed by atoms with Crippen LogP contribution in [0.5, 0.6) is 0 Å². The second kappa shape index (κ2) is 2.86. The van der Waals surface area contributed by atoms with Gasteiger partial charge in [0.1, 0.15) is 5.82 Å². The highest BCUT2D eigenvalue weighted by atomic mass is 35.5. The molecule has 0 spiro atoms. The van der Waals surface area contributed by atoms with Crippen molar-refractivity contribution < 1.29 is 5.11 Å². The lowest BCUT2D eigenvalue weighted by atomic mass is 10.3. The van der Waals surface area contributed by atoms with Crippen molar-refractivity contribution in [1.82, 2.24) is 4.98 Å². The standard InChI is InChI=1S/C6H7ClN2O/c7-5-2-9-6(8)1-4(5)3-10/h1-2,10H,3H2,(H2,8,9). The van der Waals surface area contributed by atoms with E-state index in [9.17, 15) is 0 Å². The van der Waals surface area contributed by atoms with Crippen LogP contribution in [-0.2, 0) is 6.61 Å². The SMILES string of the molecule is Nc1cc(CO)c(Cl)cn1. The Morgan fingerprint density at radius 3 is 2.90 bits per heavy atom. The van der Waals surface area contributed by atoms with Gasteiger partial charge in [-0.25, -0.2) is 4.98 Å². The number of halogens is 1. The van der Waals surface area contributed by atoms with Gasteiger partial charge >= 0.3 is 0 Å². The van der Waals surface area contributed by atoms with E-state index < -0.39 is 0 Å². The predicted octanol–water partition coefficient (Wildman–Crippen LogP) is 0.810. The fourth-order valence-corrected chi connectivity index (χ4v) is 0.783. The Bertz CT molecular complexity index is 239. The van der Waals surface area contributed by atoms with Crippen LogP contribution in [0.25, 0.3) is 0 Å². The number of hydrogen-bond donors (Lipinski definition) is 2. The highest BCUT2D eigenvalue weighted by Gasteiger charge is 1.98. The van der Waals surface area contributed by atoms with Gasteiger partial charge in [0.2, 0.25) is 0 Å². The topological polar surface area (TPSA) is 59.1 Å². The summed E-state index contributed by atoms with van der Waals surface area (Å²) in [6.07, 6.45) is 1.42. The molecule has 0 unspecified atom stereocenters. The molecule has 1 heterocycles. The number of aliphatic hydroxyl groups is 1. The van der Waals surface area contributed by atoms with Crippen LogP contribution in [0.3, 0.4) is 0 Å². The van der Waals surface area contributed by atoms with Crippen LogP contribution in [0.4, 0.5) is 5.82 Å². The normalized spacial score (nSPS) is 9.80. The summed E-state index contributed by atoms with van der Waals surface area (Å²) in [6.45, 7) is -0.106. The molecule has 0 aliphatic rings. The lowest BCUT2D eigenvalue weighted by Crippen LogP contribution is -1.93. The number of aliphatic hydroxyl groups excluding tert-OH is 1. The van der Waals surface area contributed by atoms with Gasteiger partial charge in [-0.2, -0.15) is 0 Å². The van der Waals surface area contributed by atoms with Crippen molar-refractivity contribution >= 4 is 17.4 Å². The molecule has 0 saturated carbocycles. The number of nitrogens with two attached hydrogens (primary N) is 1. The molecule has 0 aromatic carbocycles. The molecule has 54 valence electrons. The van der Waals surface area contributed by atoms with E-state index in [1.54, 1.807) is 6.07 Å². The van der Waals surface area contributed by atoms with Crippen molar-refractivity contribution in [3.8, 4) is 0 Å². The zero-order valence-electron chi connectivity index (χ0n) is 5.21. The van der Waals surface area contributed by atoms with Gasteiger partial charge in [-0.3, -0.25) is 0 Å². The molecule has 3 N–H and O–H groups in total. The third kappa shape index (κ3) is 1.37. The van der Waals surface area contributed by atoms with Crippen LogP contribution in [-0.4, -0.2) is 10.1 Å². The average Bonchev–Trinajstić information content (AvgIpc) is 1.94. The Labute approximate surface area is 63.5 Å². The smallest absolute Gasteiger partial charge is 0.123 e. The van der Waals surface area contributed by atoms with E-state index in [1.165, 1.54) is 6.20 Å². The van der Waals surface area contributed by atoms with Crippen LogP contribution < -0.4 is 5.73 Å². The first kappa shape index (κ1) is 7.31. The van der Waals surface area contributed by atoms with Crippen molar-refractivity contribution in [3.05, 3.63) is 22.8 Å². The second-order valence-electron chi connectivity index (χ2n) is 1.86. The molecule has 0 aliphatic heterocycles. The molecule has 0 atom stereocenters. The lowest BCUT2D eigenvalue weighted by molar-refractivity contribution is 0.282. The van der Waals surface area contributed by atoms with E-state index in [1.807, 2.05) is 0 Å². The molecule has 0 radical (unpaired) electrons. The number of hydrogen-bond acceptors (Lipinski definition) is 3. The molecule has 0 amide bonds. The molecule has 0 saturated heterocycles. The van der Waals surface area contributed by atoms with Crippen molar-refractivity contribution in [2.45, 2.75) is 6.61 Å². The van der Waals surface area contributed by atoms with E-state index in [4.69, 9.17) is 22.4 Å². The molecular weight excluding hydrogens is 152 g/mol. The number of rotatable bonds is 1. The van der Waals surface area contributed by atoms with Gasteiger partial charge in [0.15, 0.2) is 0 Å². The van der Waals surface area contributed by atoms with E-state index in [0.717, 1.165) is 0 Å². The van der Waals surface area contributed by atoms with Gasteiger partial charge in [0.05, 0.1) is 11.6 Å². The molecule has 1 aromatic heterocycles. The molecule has 0 fully saturated rings. The Balaban J connectivity index is 3.09. The van der Waals surface area contributed by atoms with Crippen LogP contribution in [0.2, 0.25) is 5.02 Å². The van der Waals surface area contributed by atoms with Crippen LogP contribution in [0.1, 0.15) is 5.56 Å². The largest absolute Gasteiger partial charge is 0.392 e. The molecule has 1 aromatic rings. The maximum Gasteiger partial charge on any atom is 0.123 e. The first-order valence-electron chi connectivity index (χ1n) is 2.75. The average molecular weight is 159 g/mol. The van der Waals surface area contributed by atoms with Gasteiger partial charge in [-0.15, -0.1) is 0 Å². The van der Waals surface area contributed by atoms with E-state index in [-0.39, 0.29) is 6.61 Å². The second-order valence-corrected chi connectivity index (χ2v) is 2.27. The summed E-state index contributed by atoms with van der Waals surface area (Å²) < 4.78 is 0. The highest BCUT2D eigenvalue weighted by Crippen LogP contribution is 2.15. The summed E-state index contributed by atoms with van der Waals surface area (Å²) in [5, 5.41) is 9.12. The fourth-order valence-electron chi connectivity index (χ4n) is 0.620. The monoisotopic (exact) mass is 158 g/mol. The predicted molar refractivity (Wildman–Crippen MR) is 39.6 cm³/mol. The molecular formula is C6H7ClN2O. The molecule has 10 heavy (non-hydrogen) atoms. The zero-order chi connectivity index (χ0) is 7.56. The summed E-state index contributed by atoms with van der Waals surface area (Å²) in [6, 6.07) is 1.54. The molecule has 1 rings (SSSR count). The third-order valence-electron chi connectivity index (χ3n) is 1.13. The van der Waals surface area contributed by atoms with Crippen molar-refractivity contribution in [2.75, 3.05) is 5.73 Å². The number of anilines is 1. The Morgan fingerprint density at radius 2 is 2.40 bits per heavy atom. The summed E-state index contributed by atoms with van der Waals surface area (Å²) in [4.78, 5) is 3.72. The van der Waals surface area contributed by atoms with Crippen molar-refractivity contribution in [2.24, 2.45) is 0 Å². The van der Waals surface area contributed by atoms with Crippen molar-refractivity contribution in [3.63, 3.8) is 0 Å².